The van der Waals surface area contributed by atoms with Gasteiger partial charge in [-0.2, -0.15) is 0 Å². The fourth-order valence-electron chi connectivity index (χ4n) is 3.33. The number of rotatable bonds is 2. The molecule has 4 nitrogen and oxygen atoms in total. The van der Waals surface area contributed by atoms with Crippen molar-refractivity contribution >= 4 is 0 Å². The summed E-state index contributed by atoms with van der Waals surface area (Å²) in [5.74, 6) is 2.02. The molecule has 18 heavy (non-hydrogen) atoms. The van der Waals surface area contributed by atoms with Gasteiger partial charge in [-0.05, 0) is 58.2 Å². The molecule has 0 spiro atoms. The molecule has 0 radical (unpaired) electrons. The first-order valence-electron chi connectivity index (χ1n) is 7.23. The molecule has 4 heteroatoms. The fourth-order valence-corrected chi connectivity index (χ4v) is 3.33. The van der Waals surface area contributed by atoms with Gasteiger partial charge in [0.2, 0.25) is 0 Å². The van der Waals surface area contributed by atoms with E-state index < -0.39 is 0 Å². The van der Waals surface area contributed by atoms with Crippen LogP contribution in [0.5, 0.6) is 0 Å². The third-order valence-electron chi connectivity index (χ3n) is 4.52. The number of hydrogen-bond donors (Lipinski definition) is 1. The van der Waals surface area contributed by atoms with Crippen molar-refractivity contribution in [2.75, 3.05) is 20.1 Å². The lowest BCUT2D eigenvalue weighted by Crippen LogP contribution is -2.32. The van der Waals surface area contributed by atoms with Gasteiger partial charge in [0.1, 0.15) is 5.82 Å². The van der Waals surface area contributed by atoms with E-state index in [9.17, 15) is 0 Å². The monoisotopic (exact) mass is 248 g/mol. The zero-order valence-corrected chi connectivity index (χ0v) is 11.3. The Hall–Kier alpha value is -0.870. The number of nitrogens with two attached hydrogens (primary N) is 1. The maximum atomic E-state index is 6.23. The Bertz CT molecular complexity index is 404. The van der Waals surface area contributed by atoms with E-state index in [4.69, 9.17) is 5.73 Å². The number of fused-ring (bicyclic) bond motifs is 1. The van der Waals surface area contributed by atoms with Crippen molar-refractivity contribution in [2.24, 2.45) is 11.7 Å². The zero-order valence-electron chi connectivity index (χ0n) is 11.3. The maximum Gasteiger partial charge on any atom is 0.110 e. The first-order valence-corrected chi connectivity index (χ1v) is 7.23. The van der Waals surface area contributed by atoms with Gasteiger partial charge in [-0.1, -0.05) is 0 Å². The van der Waals surface area contributed by atoms with Gasteiger partial charge in [-0.25, -0.2) is 4.98 Å². The average molecular weight is 248 g/mol. The topological polar surface area (TPSA) is 47.1 Å². The summed E-state index contributed by atoms with van der Waals surface area (Å²) in [5, 5.41) is 0. The number of piperidine rings is 1. The number of hydrogen-bond acceptors (Lipinski definition) is 3. The fraction of sp³-hybridized carbons (Fsp3) is 0.786. The van der Waals surface area contributed by atoms with Crippen molar-refractivity contribution in [2.45, 2.75) is 44.7 Å². The van der Waals surface area contributed by atoms with Crippen molar-refractivity contribution in [3.63, 3.8) is 0 Å². The molecule has 2 aliphatic heterocycles. The molecule has 0 bridgehead atoms. The lowest BCUT2D eigenvalue weighted by molar-refractivity contribution is 0.215. The molecule has 1 saturated heterocycles. The number of aryl methyl sites for hydroxylation is 1. The van der Waals surface area contributed by atoms with Crippen LogP contribution in [-0.4, -0.2) is 34.6 Å². The van der Waals surface area contributed by atoms with Crippen LogP contribution in [0.2, 0.25) is 0 Å². The van der Waals surface area contributed by atoms with Crippen LogP contribution in [0, 0.1) is 5.92 Å². The van der Waals surface area contributed by atoms with E-state index in [-0.39, 0.29) is 6.17 Å². The summed E-state index contributed by atoms with van der Waals surface area (Å²) in [6, 6.07) is 0. The molecule has 3 heterocycles. The Morgan fingerprint density at radius 3 is 2.89 bits per heavy atom. The van der Waals surface area contributed by atoms with Crippen LogP contribution in [0.4, 0.5) is 0 Å². The van der Waals surface area contributed by atoms with Crippen molar-refractivity contribution in [1.82, 2.24) is 14.5 Å². The van der Waals surface area contributed by atoms with Gasteiger partial charge in [-0.3, -0.25) is 0 Å². The van der Waals surface area contributed by atoms with E-state index in [2.05, 4.69) is 21.5 Å². The van der Waals surface area contributed by atoms with Crippen LogP contribution in [-0.2, 0) is 12.8 Å². The molecule has 100 valence electrons. The Morgan fingerprint density at radius 2 is 2.11 bits per heavy atom. The van der Waals surface area contributed by atoms with Crippen LogP contribution in [0.3, 0.4) is 0 Å². The van der Waals surface area contributed by atoms with Crippen LogP contribution >= 0.6 is 0 Å². The molecule has 1 unspecified atom stereocenters. The Kier molecular flexibility index (Phi) is 3.39. The maximum absolute atomic E-state index is 6.23. The quantitative estimate of drug-likeness (QED) is 0.864. The minimum Gasteiger partial charge on any atom is -0.316 e. The Balaban J connectivity index is 1.71. The van der Waals surface area contributed by atoms with Crippen molar-refractivity contribution in [1.29, 1.82) is 0 Å². The van der Waals surface area contributed by atoms with Crippen LogP contribution in [0.15, 0.2) is 6.20 Å². The molecule has 3 rings (SSSR count). The second-order valence-electron chi connectivity index (χ2n) is 5.95. The Morgan fingerprint density at radius 1 is 1.33 bits per heavy atom. The van der Waals surface area contributed by atoms with Crippen LogP contribution < -0.4 is 5.73 Å². The van der Waals surface area contributed by atoms with Gasteiger partial charge in [-0.15, -0.1) is 0 Å². The minimum atomic E-state index is 0.164. The second kappa shape index (κ2) is 5.02. The summed E-state index contributed by atoms with van der Waals surface area (Å²) in [6.07, 6.45) is 9.38. The number of aromatic nitrogens is 2. The Labute approximate surface area is 109 Å². The van der Waals surface area contributed by atoms with Gasteiger partial charge in [0.05, 0.1) is 6.17 Å². The number of imidazole rings is 1. The summed E-state index contributed by atoms with van der Waals surface area (Å²) in [4.78, 5) is 7.05. The van der Waals surface area contributed by atoms with Gasteiger partial charge < -0.3 is 15.2 Å². The van der Waals surface area contributed by atoms with E-state index in [0.717, 1.165) is 25.2 Å². The predicted octanol–water partition coefficient (Wildman–Crippen LogP) is 1.56. The molecular formula is C14H24N4. The molecule has 1 fully saturated rings. The van der Waals surface area contributed by atoms with E-state index in [1.54, 1.807) is 0 Å². The van der Waals surface area contributed by atoms with Crippen molar-refractivity contribution in [3.05, 3.63) is 17.7 Å². The van der Waals surface area contributed by atoms with E-state index >= 15 is 0 Å². The lowest BCUT2D eigenvalue weighted by Gasteiger charge is -2.30. The van der Waals surface area contributed by atoms with Gasteiger partial charge in [0.25, 0.3) is 0 Å². The van der Waals surface area contributed by atoms with E-state index in [0.29, 0.717) is 0 Å². The molecule has 2 aliphatic rings. The highest BCUT2D eigenvalue weighted by Crippen LogP contribution is 2.26. The molecule has 0 aliphatic carbocycles. The van der Waals surface area contributed by atoms with E-state index in [1.807, 2.05) is 6.20 Å². The summed E-state index contributed by atoms with van der Waals surface area (Å²) < 4.78 is 2.31. The molecule has 1 aromatic heterocycles. The van der Waals surface area contributed by atoms with Gasteiger partial charge >= 0.3 is 0 Å². The smallest absolute Gasteiger partial charge is 0.110 e. The SMILES string of the molecule is CN1CCC(Cc2ncc3n2C(N)CCC3)CC1. The summed E-state index contributed by atoms with van der Waals surface area (Å²) in [7, 11) is 2.21. The second-order valence-corrected chi connectivity index (χ2v) is 5.95. The first-order chi connectivity index (χ1) is 8.74. The lowest BCUT2D eigenvalue weighted by atomic mass is 9.93. The van der Waals surface area contributed by atoms with Crippen molar-refractivity contribution in [3.8, 4) is 0 Å². The third-order valence-corrected chi connectivity index (χ3v) is 4.52. The number of nitrogens with zero attached hydrogens (tertiary/aromatic N) is 3. The number of likely N-dealkylation sites (tertiary alicyclic amines) is 1. The molecule has 1 atom stereocenters. The summed E-state index contributed by atoms with van der Waals surface area (Å²) in [6.45, 7) is 2.45. The highest BCUT2D eigenvalue weighted by Gasteiger charge is 2.23. The molecule has 0 amide bonds. The molecule has 2 N–H and O–H groups in total. The minimum absolute atomic E-state index is 0.164. The van der Waals surface area contributed by atoms with E-state index in [1.165, 1.54) is 43.9 Å². The molecular weight excluding hydrogens is 224 g/mol. The van der Waals surface area contributed by atoms with Crippen LogP contribution in [0.1, 0.15) is 43.4 Å². The zero-order chi connectivity index (χ0) is 12.5. The van der Waals surface area contributed by atoms with Crippen LogP contribution in [0.25, 0.3) is 0 Å². The first kappa shape index (κ1) is 12.2. The van der Waals surface area contributed by atoms with Gasteiger partial charge in [0, 0.05) is 18.3 Å². The predicted molar refractivity (Wildman–Crippen MR) is 72.3 cm³/mol. The average Bonchev–Trinajstić information content (AvgIpc) is 2.77. The standard InChI is InChI=1S/C14H24N4/c1-17-7-5-11(6-8-17)9-14-16-10-12-3-2-4-13(15)18(12)14/h10-11,13H,2-9,15H2,1H3. The summed E-state index contributed by atoms with van der Waals surface area (Å²) >= 11 is 0. The molecule has 1 aromatic rings. The van der Waals surface area contributed by atoms with Gasteiger partial charge in [0.15, 0.2) is 0 Å². The van der Waals surface area contributed by atoms with Crippen molar-refractivity contribution < 1.29 is 0 Å². The third kappa shape index (κ3) is 2.31. The molecule has 0 saturated carbocycles. The normalized spacial score (nSPS) is 26.2. The largest absolute Gasteiger partial charge is 0.316 e. The highest BCUT2D eigenvalue weighted by molar-refractivity contribution is 5.10. The molecule has 0 aromatic carbocycles. The summed E-state index contributed by atoms with van der Waals surface area (Å²) in [5.41, 5.74) is 7.58. The highest BCUT2D eigenvalue weighted by atomic mass is 15.2.